The zero-order chi connectivity index (χ0) is 12.4. The van der Waals surface area contributed by atoms with Gasteiger partial charge in [-0.2, -0.15) is 12.6 Å². The number of ether oxygens (including phenoxy) is 1. The molecule has 0 spiro atoms. The first kappa shape index (κ1) is 14.4. The highest BCUT2D eigenvalue weighted by Gasteiger charge is 2.33. The molecule has 0 heterocycles. The summed E-state index contributed by atoms with van der Waals surface area (Å²) >= 11 is 4.37. The number of thiol groups is 1. The third kappa shape index (κ3) is 4.67. The molecule has 2 heteroatoms. The maximum atomic E-state index is 6.10. The Balaban J connectivity index is 2.43. The molecule has 0 bridgehead atoms. The van der Waals surface area contributed by atoms with Crippen LogP contribution in [0.25, 0.3) is 0 Å². The molecule has 1 aliphatic rings. The quantitative estimate of drug-likeness (QED) is 0.730. The summed E-state index contributed by atoms with van der Waals surface area (Å²) in [4.78, 5) is 0. The van der Waals surface area contributed by atoms with Gasteiger partial charge in [0.15, 0.2) is 0 Å². The molecule has 2 atom stereocenters. The third-order valence-corrected chi connectivity index (χ3v) is 4.34. The van der Waals surface area contributed by atoms with E-state index in [1.54, 1.807) is 0 Å². The maximum Gasteiger partial charge on any atom is 0.0583 e. The SMILES string of the molecule is CC1CC(OCC(C)(C)CS)CC(C)(C)C1. The van der Waals surface area contributed by atoms with E-state index in [1.165, 1.54) is 19.3 Å². The van der Waals surface area contributed by atoms with Crippen molar-refractivity contribution in [3.05, 3.63) is 0 Å². The fourth-order valence-electron chi connectivity index (χ4n) is 2.77. The first-order valence-corrected chi connectivity index (χ1v) is 7.10. The van der Waals surface area contributed by atoms with E-state index in [0.717, 1.165) is 18.3 Å². The molecule has 1 fully saturated rings. The average Bonchev–Trinajstić information content (AvgIpc) is 2.12. The van der Waals surface area contributed by atoms with Gasteiger partial charge in [-0.15, -0.1) is 0 Å². The van der Waals surface area contributed by atoms with Crippen molar-refractivity contribution in [2.24, 2.45) is 16.7 Å². The standard InChI is InChI=1S/C14H28OS/c1-11-6-12(8-13(2,3)7-11)15-9-14(4,5)10-16/h11-12,16H,6-10H2,1-5H3. The van der Waals surface area contributed by atoms with Crippen molar-refractivity contribution in [1.82, 2.24) is 0 Å². The highest BCUT2D eigenvalue weighted by atomic mass is 32.1. The predicted octanol–water partition coefficient (Wildman–Crippen LogP) is 4.17. The van der Waals surface area contributed by atoms with Gasteiger partial charge in [0, 0.05) is 0 Å². The molecule has 1 rings (SSSR count). The second-order valence-electron chi connectivity index (χ2n) is 7.17. The van der Waals surface area contributed by atoms with E-state index in [-0.39, 0.29) is 5.41 Å². The summed E-state index contributed by atoms with van der Waals surface area (Å²) in [5.74, 6) is 1.69. The van der Waals surface area contributed by atoms with Crippen molar-refractivity contribution in [3.63, 3.8) is 0 Å². The van der Waals surface area contributed by atoms with E-state index in [2.05, 4.69) is 47.2 Å². The summed E-state index contributed by atoms with van der Waals surface area (Å²) in [7, 11) is 0. The average molecular weight is 244 g/mol. The van der Waals surface area contributed by atoms with Crippen LogP contribution in [0.5, 0.6) is 0 Å². The highest BCUT2D eigenvalue weighted by molar-refractivity contribution is 7.80. The molecule has 0 aliphatic heterocycles. The Morgan fingerprint density at radius 1 is 1.31 bits per heavy atom. The smallest absolute Gasteiger partial charge is 0.0583 e. The van der Waals surface area contributed by atoms with Gasteiger partial charge in [0.2, 0.25) is 0 Å². The number of rotatable bonds is 4. The second-order valence-corrected chi connectivity index (χ2v) is 7.48. The summed E-state index contributed by atoms with van der Waals surface area (Å²) in [5, 5.41) is 0. The number of hydrogen-bond donors (Lipinski definition) is 1. The fourth-order valence-corrected chi connectivity index (χ4v) is 2.87. The van der Waals surface area contributed by atoms with Crippen molar-refractivity contribution >= 4 is 12.6 Å². The molecule has 0 aromatic rings. The lowest BCUT2D eigenvalue weighted by molar-refractivity contribution is -0.0472. The molecule has 1 saturated carbocycles. The van der Waals surface area contributed by atoms with Crippen molar-refractivity contribution in [2.75, 3.05) is 12.4 Å². The van der Waals surface area contributed by atoms with Gasteiger partial charge in [-0.3, -0.25) is 0 Å². The van der Waals surface area contributed by atoms with Gasteiger partial charge in [0.05, 0.1) is 12.7 Å². The summed E-state index contributed by atoms with van der Waals surface area (Å²) in [6, 6.07) is 0. The van der Waals surface area contributed by atoms with Gasteiger partial charge >= 0.3 is 0 Å². The summed E-state index contributed by atoms with van der Waals surface area (Å²) in [5.41, 5.74) is 0.654. The largest absolute Gasteiger partial charge is 0.378 e. The lowest BCUT2D eigenvalue weighted by Gasteiger charge is -2.39. The normalized spacial score (nSPS) is 30.4. The van der Waals surface area contributed by atoms with Gasteiger partial charge in [-0.1, -0.05) is 34.6 Å². The molecule has 0 saturated heterocycles. The number of hydrogen-bond acceptors (Lipinski definition) is 2. The maximum absolute atomic E-state index is 6.10. The van der Waals surface area contributed by atoms with E-state index in [4.69, 9.17) is 4.74 Å². The van der Waals surface area contributed by atoms with Crippen molar-refractivity contribution in [3.8, 4) is 0 Å². The van der Waals surface area contributed by atoms with Crippen molar-refractivity contribution < 1.29 is 4.74 Å². The molecule has 1 aliphatic carbocycles. The molecular formula is C14H28OS. The Labute approximate surface area is 107 Å². The van der Waals surface area contributed by atoms with Crippen LogP contribution in [0.3, 0.4) is 0 Å². The Morgan fingerprint density at radius 2 is 1.94 bits per heavy atom. The van der Waals surface area contributed by atoms with Crippen LogP contribution in [0, 0.1) is 16.7 Å². The highest BCUT2D eigenvalue weighted by Crippen LogP contribution is 2.40. The van der Waals surface area contributed by atoms with E-state index >= 15 is 0 Å². The van der Waals surface area contributed by atoms with Crippen LogP contribution in [0.4, 0.5) is 0 Å². The summed E-state index contributed by atoms with van der Waals surface area (Å²) < 4.78 is 6.10. The van der Waals surface area contributed by atoms with Crippen LogP contribution in [0.1, 0.15) is 53.9 Å². The van der Waals surface area contributed by atoms with Crippen LogP contribution in [-0.2, 0) is 4.74 Å². The van der Waals surface area contributed by atoms with Crippen molar-refractivity contribution in [1.29, 1.82) is 0 Å². The molecule has 0 aromatic carbocycles. The lowest BCUT2D eigenvalue weighted by Crippen LogP contribution is -2.35. The first-order chi connectivity index (χ1) is 7.24. The topological polar surface area (TPSA) is 9.23 Å². The zero-order valence-electron chi connectivity index (χ0n) is 11.5. The molecular weight excluding hydrogens is 216 g/mol. The van der Waals surface area contributed by atoms with E-state index in [0.29, 0.717) is 11.5 Å². The van der Waals surface area contributed by atoms with E-state index in [1.807, 2.05) is 0 Å². The van der Waals surface area contributed by atoms with Crippen LogP contribution in [0.15, 0.2) is 0 Å². The Hall–Kier alpha value is 0.310. The fraction of sp³-hybridized carbons (Fsp3) is 1.00. The van der Waals surface area contributed by atoms with Gasteiger partial charge in [-0.25, -0.2) is 0 Å². The molecule has 16 heavy (non-hydrogen) atoms. The molecule has 0 N–H and O–H groups in total. The molecule has 0 radical (unpaired) electrons. The minimum Gasteiger partial charge on any atom is -0.378 e. The molecule has 2 unspecified atom stereocenters. The Kier molecular flexibility index (Phi) is 4.76. The van der Waals surface area contributed by atoms with Crippen molar-refractivity contribution in [2.45, 2.75) is 60.0 Å². The van der Waals surface area contributed by atoms with Gasteiger partial charge in [0.25, 0.3) is 0 Å². The summed E-state index contributed by atoms with van der Waals surface area (Å²) in [6.07, 6.45) is 4.23. The van der Waals surface area contributed by atoms with Crippen LogP contribution in [-0.4, -0.2) is 18.5 Å². The third-order valence-electron chi connectivity index (χ3n) is 3.48. The predicted molar refractivity (Wildman–Crippen MR) is 74.2 cm³/mol. The second kappa shape index (κ2) is 5.30. The minimum absolute atomic E-state index is 0.202. The van der Waals surface area contributed by atoms with E-state index in [9.17, 15) is 0 Å². The zero-order valence-corrected chi connectivity index (χ0v) is 12.4. The molecule has 1 nitrogen and oxygen atoms in total. The van der Waals surface area contributed by atoms with Crippen LogP contribution >= 0.6 is 12.6 Å². The van der Waals surface area contributed by atoms with Crippen LogP contribution in [0.2, 0.25) is 0 Å². The first-order valence-electron chi connectivity index (χ1n) is 6.47. The van der Waals surface area contributed by atoms with E-state index < -0.39 is 0 Å². The Morgan fingerprint density at radius 3 is 2.44 bits per heavy atom. The minimum atomic E-state index is 0.202. The lowest BCUT2D eigenvalue weighted by atomic mass is 9.71. The monoisotopic (exact) mass is 244 g/mol. The van der Waals surface area contributed by atoms with Crippen LogP contribution < -0.4 is 0 Å². The van der Waals surface area contributed by atoms with Gasteiger partial charge < -0.3 is 4.74 Å². The van der Waals surface area contributed by atoms with Gasteiger partial charge in [0.1, 0.15) is 0 Å². The van der Waals surface area contributed by atoms with Gasteiger partial charge in [-0.05, 0) is 41.8 Å². The molecule has 0 aromatic heterocycles. The summed E-state index contributed by atoms with van der Waals surface area (Å²) in [6.45, 7) is 12.4. The molecule has 96 valence electrons. The Bertz CT molecular complexity index is 223. The molecule has 0 amide bonds.